The fourth-order valence-corrected chi connectivity index (χ4v) is 2.08. The van der Waals surface area contributed by atoms with E-state index in [9.17, 15) is 0 Å². The van der Waals surface area contributed by atoms with Gasteiger partial charge >= 0.3 is 0 Å². The van der Waals surface area contributed by atoms with Crippen molar-refractivity contribution in [3.05, 3.63) is 24.3 Å². The lowest BCUT2D eigenvalue weighted by Crippen LogP contribution is -2.41. The van der Waals surface area contributed by atoms with Gasteiger partial charge in [-0.3, -0.25) is 0 Å². The third-order valence-corrected chi connectivity index (χ3v) is 3.01. The summed E-state index contributed by atoms with van der Waals surface area (Å²) in [7, 11) is 0. The number of nitrogens with one attached hydrogen (secondary N) is 1. The predicted molar refractivity (Wildman–Crippen MR) is 67.4 cm³/mol. The van der Waals surface area contributed by atoms with Crippen molar-refractivity contribution in [2.75, 3.05) is 0 Å². The van der Waals surface area contributed by atoms with Gasteiger partial charge < -0.3 is 11.1 Å². The van der Waals surface area contributed by atoms with Crippen LogP contribution in [0.15, 0.2) is 23.6 Å². The molecule has 0 bridgehead atoms. The molecule has 1 aromatic heterocycles. The predicted octanol–water partition coefficient (Wildman–Crippen LogP) is 1.21. The van der Waals surface area contributed by atoms with Crippen molar-refractivity contribution in [2.24, 2.45) is 10.7 Å². The van der Waals surface area contributed by atoms with E-state index < -0.39 is 0 Å². The van der Waals surface area contributed by atoms with Gasteiger partial charge in [-0.25, -0.2) is 15.0 Å². The first-order chi connectivity index (χ1) is 8.34. The molecule has 0 spiro atoms. The number of hydrogen-bond acceptors (Lipinski definition) is 3. The van der Waals surface area contributed by atoms with E-state index in [2.05, 4.69) is 20.3 Å². The van der Waals surface area contributed by atoms with Crippen molar-refractivity contribution in [1.29, 1.82) is 0 Å². The molecule has 92 valence electrons. The fraction of sp³-hybridized carbons (Fsp3) is 0.583. The maximum Gasteiger partial charge on any atom is 0.189 e. The molecule has 2 rings (SSSR count). The van der Waals surface area contributed by atoms with E-state index in [0.717, 1.165) is 5.69 Å². The van der Waals surface area contributed by atoms with Gasteiger partial charge in [-0.2, -0.15) is 0 Å². The average molecular weight is 233 g/mol. The monoisotopic (exact) mass is 233 g/mol. The van der Waals surface area contributed by atoms with Crippen LogP contribution in [0, 0.1) is 0 Å². The lowest BCUT2D eigenvalue weighted by atomic mass is 9.96. The molecule has 0 amide bonds. The van der Waals surface area contributed by atoms with Crippen LogP contribution >= 0.6 is 0 Å². The summed E-state index contributed by atoms with van der Waals surface area (Å²) in [4.78, 5) is 12.2. The van der Waals surface area contributed by atoms with Crippen LogP contribution in [0.4, 0.5) is 0 Å². The van der Waals surface area contributed by atoms with Gasteiger partial charge in [0.2, 0.25) is 0 Å². The van der Waals surface area contributed by atoms with Crippen LogP contribution in [-0.4, -0.2) is 22.0 Å². The molecule has 5 nitrogen and oxygen atoms in total. The maximum atomic E-state index is 5.85. The van der Waals surface area contributed by atoms with Gasteiger partial charge in [-0.15, -0.1) is 0 Å². The van der Waals surface area contributed by atoms with Crippen molar-refractivity contribution in [3.63, 3.8) is 0 Å². The van der Waals surface area contributed by atoms with Gasteiger partial charge in [0.1, 0.15) is 6.33 Å². The minimum atomic E-state index is 0.498. The summed E-state index contributed by atoms with van der Waals surface area (Å²) in [5, 5.41) is 3.27. The number of hydrogen-bond donors (Lipinski definition) is 2. The maximum absolute atomic E-state index is 5.85. The van der Waals surface area contributed by atoms with Gasteiger partial charge in [0, 0.05) is 12.2 Å². The third kappa shape index (κ3) is 4.01. The number of aromatic nitrogens is 2. The Labute approximate surface area is 102 Å². The van der Waals surface area contributed by atoms with E-state index in [1.165, 1.54) is 38.4 Å². The zero-order chi connectivity index (χ0) is 11.9. The van der Waals surface area contributed by atoms with Crippen molar-refractivity contribution in [2.45, 2.75) is 44.7 Å². The molecule has 0 atom stereocenters. The van der Waals surface area contributed by atoms with Crippen molar-refractivity contribution >= 4 is 5.96 Å². The molecule has 0 radical (unpaired) electrons. The molecular weight excluding hydrogens is 214 g/mol. The Morgan fingerprint density at radius 1 is 1.41 bits per heavy atom. The van der Waals surface area contributed by atoms with Crippen molar-refractivity contribution in [3.8, 4) is 0 Å². The highest BCUT2D eigenvalue weighted by molar-refractivity contribution is 5.78. The summed E-state index contributed by atoms with van der Waals surface area (Å²) in [6.07, 6.45) is 9.55. The molecular formula is C12H19N5. The summed E-state index contributed by atoms with van der Waals surface area (Å²) in [6.45, 7) is 0.508. The topological polar surface area (TPSA) is 76.2 Å². The van der Waals surface area contributed by atoms with Crippen LogP contribution in [0.2, 0.25) is 0 Å². The van der Waals surface area contributed by atoms with Crippen LogP contribution in [0.1, 0.15) is 37.8 Å². The standard InChI is InChI=1S/C12H19N5/c13-12(17-10-4-2-1-3-5-10)15-8-11-6-7-14-9-16-11/h6-7,9-10H,1-5,8H2,(H3,13,15,17). The molecule has 1 aromatic rings. The highest BCUT2D eigenvalue weighted by atomic mass is 15.1. The molecule has 17 heavy (non-hydrogen) atoms. The first-order valence-electron chi connectivity index (χ1n) is 6.16. The molecule has 1 heterocycles. The second kappa shape index (κ2) is 6.18. The molecule has 5 heteroatoms. The molecule has 3 N–H and O–H groups in total. The third-order valence-electron chi connectivity index (χ3n) is 3.01. The van der Waals surface area contributed by atoms with Crippen molar-refractivity contribution < 1.29 is 0 Å². The average Bonchev–Trinajstić information content (AvgIpc) is 2.39. The van der Waals surface area contributed by atoms with Gasteiger partial charge in [-0.1, -0.05) is 19.3 Å². The zero-order valence-corrected chi connectivity index (χ0v) is 9.97. The van der Waals surface area contributed by atoms with E-state index in [0.29, 0.717) is 18.5 Å². The Bertz CT molecular complexity index is 356. The summed E-state index contributed by atoms with van der Waals surface area (Å²) in [5.74, 6) is 0.524. The Balaban J connectivity index is 1.80. The highest BCUT2D eigenvalue weighted by Crippen LogP contribution is 2.16. The lowest BCUT2D eigenvalue weighted by Gasteiger charge is -2.23. The first kappa shape index (κ1) is 11.8. The normalized spacial score (nSPS) is 18.0. The van der Waals surface area contributed by atoms with Crippen molar-refractivity contribution in [1.82, 2.24) is 15.3 Å². The number of nitrogens with zero attached hydrogens (tertiary/aromatic N) is 3. The summed E-state index contributed by atoms with van der Waals surface area (Å²) < 4.78 is 0. The fourth-order valence-electron chi connectivity index (χ4n) is 2.08. The Kier molecular flexibility index (Phi) is 4.30. The van der Waals surface area contributed by atoms with Crippen LogP contribution in [-0.2, 0) is 6.54 Å². The zero-order valence-electron chi connectivity index (χ0n) is 9.97. The van der Waals surface area contributed by atoms with E-state index in [-0.39, 0.29) is 0 Å². The number of aliphatic imine (C=N–C) groups is 1. The van der Waals surface area contributed by atoms with Crippen LogP contribution in [0.3, 0.4) is 0 Å². The largest absolute Gasteiger partial charge is 0.370 e. The molecule has 0 unspecified atom stereocenters. The molecule has 1 aliphatic carbocycles. The van der Waals surface area contributed by atoms with Gasteiger partial charge in [0.25, 0.3) is 0 Å². The van der Waals surface area contributed by atoms with Gasteiger partial charge in [0.15, 0.2) is 5.96 Å². The molecule has 1 fully saturated rings. The van der Waals surface area contributed by atoms with Gasteiger partial charge in [-0.05, 0) is 18.9 Å². The number of guanidine groups is 1. The molecule has 0 saturated heterocycles. The van der Waals surface area contributed by atoms with E-state index in [1.807, 2.05) is 6.07 Å². The second-order valence-electron chi connectivity index (χ2n) is 4.38. The minimum absolute atomic E-state index is 0.498. The molecule has 0 aromatic carbocycles. The van der Waals surface area contributed by atoms with E-state index >= 15 is 0 Å². The number of nitrogens with two attached hydrogens (primary N) is 1. The first-order valence-corrected chi connectivity index (χ1v) is 6.16. The SMILES string of the molecule is NC(=NCc1ccncn1)NC1CCCCC1. The van der Waals surface area contributed by atoms with E-state index in [1.54, 1.807) is 6.20 Å². The van der Waals surface area contributed by atoms with E-state index in [4.69, 9.17) is 5.73 Å². The number of rotatable bonds is 3. The Morgan fingerprint density at radius 3 is 2.94 bits per heavy atom. The highest BCUT2D eigenvalue weighted by Gasteiger charge is 2.13. The Morgan fingerprint density at radius 2 is 2.24 bits per heavy atom. The van der Waals surface area contributed by atoms with Gasteiger partial charge in [0.05, 0.1) is 12.2 Å². The summed E-state index contributed by atoms with van der Waals surface area (Å²) in [5.41, 5.74) is 6.73. The van der Waals surface area contributed by atoms with Crippen LogP contribution < -0.4 is 11.1 Å². The van der Waals surface area contributed by atoms with Crippen LogP contribution in [0.25, 0.3) is 0 Å². The molecule has 1 aliphatic rings. The summed E-state index contributed by atoms with van der Waals surface area (Å²) in [6, 6.07) is 2.34. The molecule has 0 aliphatic heterocycles. The lowest BCUT2D eigenvalue weighted by molar-refractivity contribution is 0.412. The quantitative estimate of drug-likeness (QED) is 0.608. The molecule has 1 saturated carbocycles. The summed E-state index contributed by atoms with van der Waals surface area (Å²) >= 11 is 0. The second-order valence-corrected chi connectivity index (χ2v) is 4.38. The minimum Gasteiger partial charge on any atom is -0.370 e. The smallest absolute Gasteiger partial charge is 0.189 e. The Hall–Kier alpha value is -1.65. The van der Waals surface area contributed by atoms with Crippen LogP contribution in [0.5, 0.6) is 0 Å².